The lowest BCUT2D eigenvalue weighted by Crippen LogP contribution is -2.41. The molecule has 0 N–H and O–H groups in total. The topological polar surface area (TPSA) is 27.7 Å². The third-order valence-electron chi connectivity index (χ3n) is 4.63. The predicted molar refractivity (Wildman–Crippen MR) is 86.2 cm³/mol. The van der Waals surface area contributed by atoms with Gasteiger partial charge in [-0.05, 0) is 44.6 Å². The first-order valence-corrected chi connectivity index (χ1v) is 7.36. The lowest BCUT2D eigenvalue weighted by molar-refractivity contribution is 0.00578. The first kappa shape index (κ1) is 13.8. The normalized spacial score (nSPS) is 21.2. The Morgan fingerprint density at radius 3 is 2.39 bits per heavy atom. The Bertz CT molecular complexity index is 805. The van der Waals surface area contributed by atoms with Crippen LogP contribution in [0.15, 0.2) is 30.3 Å². The molecule has 3 nitrogen and oxygen atoms in total. The molecular weight excluding hydrogens is 301 g/mol. The van der Waals surface area contributed by atoms with Crippen LogP contribution < -0.4 is 10.2 Å². The van der Waals surface area contributed by atoms with E-state index in [4.69, 9.17) is 12.1 Å². The van der Waals surface area contributed by atoms with Gasteiger partial charge in [0.25, 0.3) is 0 Å². The fourth-order valence-electron chi connectivity index (χ4n) is 2.65. The maximum atomic E-state index is 14.3. The van der Waals surface area contributed by atoms with Crippen LogP contribution in [0.1, 0.15) is 30.4 Å². The van der Waals surface area contributed by atoms with E-state index >= 15 is 0 Å². The van der Waals surface area contributed by atoms with E-state index in [2.05, 4.69) is 4.74 Å². The van der Waals surface area contributed by atoms with Crippen molar-refractivity contribution in [3.63, 3.8) is 0 Å². The molecule has 1 aliphatic heterocycles. The summed E-state index contributed by atoms with van der Waals surface area (Å²) in [6.45, 7) is 4.03. The Morgan fingerprint density at radius 1 is 1.13 bits per heavy atom. The molecule has 0 radical (unpaired) electrons. The molecule has 2 aromatic rings. The molecule has 0 unspecified atom stereocenters. The minimum absolute atomic E-state index is 0.225. The van der Waals surface area contributed by atoms with Crippen LogP contribution in [-0.4, -0.2) is 25.1 Å². The van der Waals surface area contributed by atoms with Crippen molar-refractivity contribution in [3.8, 4) is 5.75 Å². The number of halogens is 2. The minimum Gasteiger partial charge on any atom is -0.459 e. The summed E-state index contributed by atoms with van der Waals surface area (Å²) in [5.41, 5.74) is -0.763. The Balaban J connectivity index is 2.19. The molecule has 23 heavy (non-hydrogen) atoms. The zero-order valence-corrected chi connectivity index (χ0v) is 13.4. The van der Waals surface area contributed by atoms with E-state index in [9.17, 15) is 8.78 Å². The van der Waals surface area contributed by atoms with Gasteiger partial charge in [-0.15, -0.1) is 0 Å². The van der Waals surface area contributed by atoms with E-state index in [1.807, 2.05) is 27.7 Å². The van der Waals surface area contributed by atoms with E-state index in [1.165, 1.54) is 6.07 Å². The Hall–Kier alpha value is -1.66. The molecule has 0 amide bonds. The largest absolute Gasteiger partial charge is 0.495 e. The highest BCUT2D eigenvalue weighted by Gasteiger charge is 2.52. The Labute approximate surface area is 137 Å². The molecule has 0 aliphatic carbocycles. The van der Waals surface area contributed by atoms with Gasteiger partial charge >= 0.3 is 7.12 Å². The summed E-state index contributed by atoms with van der Waals surface area (Å²) in [5, 5.41) is 0.787. The highest BCUT2D eigenvalue weighted by Crippen LogP contribution is 2.38. The number of rotatable bonds is 3. The van der Waals surface area contributed by atoms with Crippen molar-refractivity contribution < 1.29 is 25.6 Å². The second-order valence-corrected chi connectivity index (χ2v) is 6.59. The van der Waals surface area contributed by atoms with Gasteiger partial charge in [-0.2, -0.15) is 0 Å². The monoisotopic (exact) mass is 322 g/mol. The second kappa shape index (κ2) is 5.46. The molecule has 0 bridgehead atoms. The summed E-state index contributed by atoms with van der Waals surface area (Å²) in [5.74, 6) is -1.37. The molecule has 122 valence electrons. The van der Waals surface area contributed by atoms with E-state index in [-0.39, 0.29) is 5.39 Å². The average Bonchev–Trinajstić information content (AvgIpc) is 2.68. The summed E-state index contributed by atoms with van der Waals surface area (Å²) in [4.78, 5) is 0. The quantitative estimate of drug-likeness (QED) is 0.809. The molecule has 0 saturated carbocycles. The first-order valence-electron chi connectivity index (χ1n) is 8.36. The molecule has 0 spiro atoms. The highest BCUT2D eigenvalue weighted by atomic mass is 19.1. The van der Waals surface area contributed by atoms with Gasteiger partial charge in [0.1, 0.15) is 2.74 Å². The second-order valence-electron chi connectivity index (χ2n) is 6.59. The fourth-order valence-corrected chi connectivity index (χ4v) is 2.65. The van der Waals surface area contributed by atoms with Crippen molar-refractivity contribution in [1.29, 1.82) is 0 Å². The lowest BCUT2D eigenvalue weighted by Gasteiger charge is -2.32. The average molecular weight is 322 g/mol. The number of ether oxygens (including phenoxy) is 1. The number of hydrogen-bond donors (Lipinski definition) is 0. The van der Waals surface area contributed by atoms with Gasteiger partial charge in [-0.3, -0.25) is 0 Å². The number of alkyl halides is 1. The molecule has 1 saturated heterocycles. The summed E-state index contributed by atoms with van der Waals surface area (Å²) >= 11 is 0. The molecule has 2 aromatic carbocycles. The van der Waals surface area contributed by atoms with Crippen molar-refractivity contribution in [2.45, 2.75) is 38.9 Å². The van der Waals surface area contributed by atoms with E-state index in [0.29, 0.717) is 10.8 Å². The van der Waals surface area contributed by atoms with Crippen molar-refractivity contribution >= 4 is 23.4 Å². The molecule has 0 atom stereocenters. The van der Waals surface area contributed by atoms with Crippen LogP contribution >= 0.6 is 0 Å². The van der Waals surface area contributed by atoms with E-state index < -0.39 is 36.7 Å². The van der Waals surface area contributed by atoms with Gasteiger partial charge < -0.3 is 14.0 Å². The summed E-state index contributed by atoms with van der Waals surface area (Å²) < 4.78 is 58.3. The zero-order valence-electron chi connectivity index (χ0n) is 15.4. The molecule has 1 fully saturated rings. The van der Waals surface area contributed by atoms with Crippen LogP contribution in [0.5, 0.6) is 5.75 Å². The van der Waals surface area contributed by atoms with Crippen LogP contribution in [0.2, 0.25) is 0 Å². The SMILES string of the molecule is [2H]C([2H])(F)Oc1c(F)ccc2cccc(B3OC(C)(C)C(C)(C)O3)c12. The minimum atomic E-state index is -3.52. The Morgan fingerprint density at radius 2 is 1.78 bits per heavy atom. The number of benzene rings is 2. The van der Waals surface area contributed by atoms with Gasteiger partial charge in [0.05, 0.1) is 11.2 Å². The molecule has 1 aliphatic rings. The van der Waals surface area contributed by atoms with Crippen molar-refractivity contribution in [2.75, 3.05) is 6.81 Å². The van der Waals surface area contributed by atoms with Gasteiger partial charge in [0.2, 0.25) is 6.81 Å². The summed E-state index contributed by atoms with van der Waals surface area (Å²) in [6, 6.07) is 7.74. The maximum Gasteiger partial charge on any atom is 0.495 e. The maximum absolute atomic E-state index is 14.3. The molecule has 6 heteroatoms. The van der Waals surface area contributed by atoms with E-state index in [0.717, 1.165) is 6.07 Å². The standard InChI is InChI=1S/C17H19BF2O3/c1-16(2)17(3,4)23-18(22-16)12-7-5-6-11-8-9-13(20)15(14(11)12)21-10-19/h5-9H,10H2,1-4H3/i10D2. The number of hydrogen-bond acceptors (Lipinski definition) is 3. The molecule has 0 aromatic heterocycles. The van der Waals surface area contributed by atoms with Crippen LogP contribution in [-0.2, 0) is 9.31 Å². The molecular formula is C17H19BF2O3. The predicted octanol–water partition coefficient (Wildman–Crippen LogP) is 3.58. The Kier molecular flexibility index (Phi) is 3.26. The van der Waals surface area contributed by atoms with Crippen LogP contribution in [0.3, 0.4) is 0 Å². The molecule has 3 rings (SSSR count). The van der Waals surface area contributed by atoms with Gasteiger partial charge in [0, 0.05) is 5.39 Å². The van der Waals surface area contributed by atoms with Crippen molar-refractivity contribution in [1.82, 2.24) is 0 Å². The number of fused-ring (bicyclic) bond motifs is 1. The van der Waals surface area contributed by atoms with Crippen molar-refractivity contribution in [3.05, 3.63) is 36.1 Å². The van der Waals surface area contributed by atoms with Gasteiger partial charge in [-0.1, -0.05) is 24.3 Å². The van der Waals surface area contributed by atoms with Crippen molar-refractivity contribution in [2.24, 2.45) is 0 Å². The van der Waals surface area contributed by atoms with Crippen LogP contribution in [0.4, 0.5) is 8.78 Å². The smallest absolute Gasteiger partial charge is 0.459 e. The van der Waals surface area contributed by atoms with Gasteiger partial charge in [-0.25, -0.2) is 8.78 Å². The highest BCUT2D eigenvalue weighted by molar-refractivity contribution is 6.65. The third kappa shape index (κ3) is 2.60. The lowest BCUT2D eigenvalue weighted by atomic mass is 9.76. The van der Waals surface area contributed by atoms with Gasteiger partial charge in [0.15, 0.2) is 11.6 Å². The zero-order chi connectivity index (χ0) is 18.6. The van der Waals surface area contributed by atoms with Crippen LogP contribution in [0, 0.1) is 5.82 Å². The summed E-state index contributed by atoms with van der Waals surface area (Å²) in [7, 11) is -0.816. The van der Waals surface area contributed by atoms with Crippen LogP contribution in [0.25, 0.3) is 10.8 Å². The van der Waals surface area contributed by atoms with E-state index in [1.54, 1.807) is 18.2 Å². The first-order chi connectivity index (χ1) is 11.4. The molecule has 1 heterocycles. The summed E-state index contributed by atoms with van der Waals surface area (Å²) in [6.07, 6.45) is 0. The fraction of sp³-hybridized carbons (Fsp3) is 0.412. The third-order valence-corrected chi connectivity index (χ3v) is 4.63.